The SMILES string of the molecule is O=C(O)c1ccc(CC(C=Cc2cc(F)ccc2OCc2ccccc2F)CCc2ccc(-c3noc(=O)[nH]3)cc2)cc1. The molecule has 0 bridgehead atoms. The number of carboxylic acids is 1. The standard InChI is InChI=1S/C34H28F2N2O5/c35-29-17-18-31(42-21-28-3-1-2-4-30(28)36)27(20-29)16-11-23(19-24-9-14-26(15-10-24)33(39)40)6-5-22-7-12-25(13-8-22)32-37-34(41)43-38-32/h1-4,7-18,20,23H,5-6,19,21H2,(H,39,40)(H,37,38,41). The summed E-state index contributed by atoms with van der Waals surface area (Å²) in [6, 6.07) is 24.9. The number of halogens is 2. The van der Waals surface area contributed by atoms with Crippen LogP contribution in [-0.4, -0.2) is 21.2 Å². The number of allylic oxidation sites excluding steroid dienone is 1. The molecule has 5 rings (SSSR count). The predicted octanol–water partition coefficient (Wildman–Crippen LogP) is 7.09. The van der Waals surface area contributed by atoms with Gasteiger partial charge in [0.15, 0.2) is 5.82 Å². The van der Waals surface area contributed by atoms with E-state index in [0.29, 0.717) is 29.1 Å². The number of aryl methyl sites for hydroxylation is 1. The first-order valence-electron chi connectivity index (χ1n) is 13.7. The van der Waals surface area contributed by atoms with Crippen molar-refractivity contribution in [2.24, 2.45) is 5.92 Å². The van der Waals surface area contributed by atoms with Gasteiger partial charge in [0.25, 0.3) is 0 Å². The Kier molecular flexibility index (Phi) is 9.21. The molecular weight excluding hydrogens is 554 g/mol. The smallest absolute Gasteiger partial charge is 0.439 e. The Morgan fingerprint density at radius 3 is 2.42 bits per heavy atom. The van der Waals surface area contributed by atoms with Gasteiger partial charge in [-0.05, 0) is 72.7 Å². The molecule has 0 saturated carbocycles. The number of aromatic carboxylic acids is 1. The number of carboxylic acid groups (broad SMARTS) is 1. The molecule has 4 aromatic carbocycles. The molecule has 1 unspecified atom stereocenters. The molecule has 0 aliphatic heterocycles. The van der Waals surface area contributed by atoms with Crippen LogP contribution in [0.3, 0.4) is 0 Å². The van der Waals surface area contributed by atoms with Gasteiger partial charge in [-0.3, -0.25) is 9.51 Å². The predicted molar refractivity (Wildman–Crippen MR) is 158 cm³/mol. The highest BCUT2D eigenvalue weighted by atomic mass is 19.1. The van der Waals surface area contributed by atoms with Crippen molar-refractivity contribution in [3.8, 4) is 17.1 Å². The maximum atomic E-state index is 14.2. The second-order valence-corrected chi connectivity index (χ2v) is 10.1. The van der Waals surface area contributed by atoms with Gasteiger partial charge in [-0.1, -0.05) is 71.9 Å². The summed E-state index contributed by atoms with van der Waals surface area (Å²) in [6.07, 6.45) is 5.87. The van der Waals surface area contributed by atoms with Gasteiger partial charge in [0.05, 0.1) is 5.56 Å². The minimum Gasteiger partial charge on any atom is -0.488 e. The van der Waals surface area contributed by atoms with Crippen molar-refractivity contribution >= 4 is 12.0 Å². The molecule has 0 fully saturated rings. The van der Waals surface area contributed by atoms with Crippen molar-refractivity contribution in [1.82, 2.24) is 10.1 Å². The zero-order valence-corrected chi connectivity index (χ0v) is 23.0. The van der Waals surface area contributed by atoms with E-state index in [4.69, 9.17) is 4.74 Å². The van der Waals surface area contributed by atoms with Crippen LogP contribution in [0.2, 0.25) is 0 Å². The summed E-state index contributed by atoms with van der Waals surface area (Å²) in [5.74, 6) is -1.63. The third kappa shape index (κ3) is 7.91. The fraction of sp³-hybridized carbons (Fsp3) is 0.147. The fourth-order valence-electron chi connectivity index (χ4n) is 4.68. The van der Waals surface area contributed by atoms with E-state index in [2.05, 4.69) is 14.7 Å². The van der Waals surface area contributed by atoms with Crippen LogP contribution in [0.25, 0.3) is 17.5 Å². The number of aromatic nitrogens is 2. The topological polar surface area (TPSA) is 105 Å². The highest BCUT2D eigenvalue weighted by Gasteiger charge is 2.12. The van der Waals surface area contributed by atoms with Gasteiger partial charge in [0.2, 0.25) is 0 Å². The van der Waals surface area contributed by atoms with E-state index in [1.54, 1.807) is 48.5 Å². The van der Waals surface area contributed by atoms with Crippen molar-refractivity contribution in [3.63, 3.8) is 0 Å². The number of hydrogen-bond donors (Lipinski definition) is 2. The van der Waals surface area contributed by atoms with Crippen molar-refractivity contribution in [1.29, 1.82) is 0 Å². The molecule has 0 aliphatic carbocycles. The molecule has 9 heteroatoms. The van der Waals surface area contributed by atoms with Crippen LogP contribution >= 0.6 is 0 Å². The Hall–Kier alpha value is -5.31. The first-order chi connectivity index (χ1) is 20.8. The molecule has 5 aromatic rings. The lowest BCUT2D eigenvalue weighted by Crippen LogP contribution is -2.05. The van der Waals surface area contributed by atoms with Gasteiger partial charge in [0, 0.05) is 16.7 Å². The molecule has 0 saturated heterocycles. The zero-order valence-electron chi connectivity index (χ0n) is 23.0. The van der Waals surface area contributed by atoms with Crippen molar-refractivity contribution in [2.45, 2.75) is 25.9 Å². The average molecular weight is 583 g/mol. The Morgan fingerprint density at radius 1 is 0.977 bits per heavy atom. The number of rotatable bonds is 12. The first kappa shape index (κ1) is 29.2. The molecule has 1 atom stereocenters. The van der Waals surface area contributed by atoms with Crippen LogP contribution < -0.4 is 10.5 Å². The fourth-order valence-corrected chi connectivity index (χ4v) is 4.68. The number of carbonyl (C=O) groups is 1. The highest BCUT2D eigenvalue weighted by Crippen LogP contribution is 2.26. The summed E-state index contributed by atoms with van der Waals surface area (Å²) in [6.45, 7) is -0.00325. The Bertz CT molecular complexity index is 1780. The zero-order chi connectivity index (χ0) is 30.2. The van der Waals surface area contributed by atoms with Gasteiger partial charge < -0.3 is 9.84 Å². The minimum absolute atomic E-state index is 0.00325. The molecule has 1 aromatic heterocycles. The molecule has 1 heterocycles. The van der Waals surface area contributed by atoms with Gasteiger partial charge >= 0.3 is 11.7 Å². The molecule has 0 radical (unpaired) electrons. The maximum absolute atomic E-state index is 14.2. The van der Waals surface area contributed by atoms with Crippen molar-refractivity contribution in [2.75, 3.05) is 0 Å². The van der Waals surface area contributed by atoms with E-state index in [0.717, 1.165) is 29.5 Å². The number of H-pyrrole nitrogens is 1. The lowest BCUT2D eigenvalue weighted by Gasteiger charge is -2.15. The summed E-state index contributed by atoms with van der Waals surface area (Å²) in [7, 11) is 0. The van der Waals surface area contributed by atoms with Crippen LogP contribution in [0.4, 0.5) is 8.78 Å². The molecule has 0 aliphatic rings. The molecule has 0 spiro atoms. The Morgan fingerprint density at radius 2 is 1.72 bits per heavy atom. The largest absolute Gasteiger partial charge is 0.488 e. The van der Waals surface area contributed by atoms with E-state index in [-0.39, 0.29) is 23.9 Å². The second-order valence-electron chi connectivity index (χ2n) is 10.1. The minimum atomic E-state index is -0.991. The molecule has 7 nitrogen and oxygen atoms in total. The summed E-state index contributed by atoms with van der Waals surface area (Å²) in [4.78, 5) is 25.1. The highest BCUT2D eigenvalue weighted by molar-refractivity contribution is 5.87. The van der Waals surface area contributed by atoms with E-state index in [1.807, 2.05) is 30.3 Å². The van der Waals surface area contributed by atoms with E-state index in [1.165, 1.54) is 24.3 Å². The van der Waals surface area contributed by atoms with E-state index < -0.39 is 17.5 Å². The Balaban J connectivity index is 1.34. The van der Waals surface area contributed by atoms with Crippen LogP contribution in [0.15, 0.2) is 106 Å². The average Bonchev–Trinajstić information content (AvgIpc) is 3.45. The molecule has 0 amide bonds. The summed E-state index contributed by atoms with van der Waals surface area (Å²) in [5, 5.41) is 13.0. The van der Waals surface area contributed by atoms with Gasteiger partial charge in [0.1, 0.15) is 24.0 Å². The van der Waals surface area contributed by atoms with E-state index in [9.17, 15) is 23.5 Å². The first-order valence-corrected chi connectivity index (χ1v) is 13.7. The Labute approximate surface area is 246 Å². The van der Waals surface area contributed by atoms with E-state index >= 15 is 0 Å². The number of benzene rings is 4. The number of aromatic amines is 1. The molecular formula is C34H28F2N2O5. The number of hydrogen-bond acceptors (Lipinski definition) is 5. The quantitative estimate of drug-likeness (QED) is 0.163. The van der Waals surface area contributed by atoms with Gasteiger partial charge in [-0.15, -0.1) is 0 Å². The summed E-state index contributed by atoms with van der Waals surface area (Å²) < 4.78 is 38.8. The van der Waals surface area contributed by atoms with Crippen LogP contribution in [0, 0.1) is 17.6 Å². The molecule has 43 heavy (non-hydrogen) atoms. The van der Waals surface area contributed by atoms with Crippen LogP contribution in [0.5, 0.6) is 5.75 Å². The normalized spacial score (nSPS) is 12.0. The van der Waals surface area contributed by atoms with Crippen molar-refractivity contribution in [3.05, 3.63) is 147 Å². The number of nitrogens with one attached hydrogen (secondary N) is 1. The number of nitrogens with zero attached hydrogens (tertiary/aromatic N) is 1. The second kappa shape index (κ2) is 13.6. The molecule has 2 N–H and O–H groups in total. The summed E-state index contributed by atoms with van der Waals surface area (Å²) >= 11 is 0. The lowest BCUT2D eigenvalue weighted by molar-refractivity contribution is 0.0697. The molecule has 218 valence electrons. The van der Waals surface area contributed by atoms with Crippen molar-refractivity contribution < 1.29 is 27.9 Å². The monoisotopic (exact) mass is 582 g/mol. The third-order valence-electron chi connectivity index (χ3n) is 7.03. The van der Waals surface area contributed by atoms with Crippen LogP contribution in [-0.2, 0) is 19.4 Å². The number of ether oxygens (including phenoxy) is 1. The third-order valence-corrected chi connectivity index (χ3v) is 7.03. The summed E-state index contributed by atoms with van der Waals surface area (Å²) in [5.41, 5.74) is 3.87. The van der Waals surface area contributed by atoms with Crippen LogP contribution in [0.1, 0.15) is 39.0 Å². The maximum Gasteiger partial charge on any atom is 0.439 e. The lowest BCUT2D eigenvalue weighted by atomic mass is 9.91. The van der Waals surface area contributed by atoms with Gasteiger partial charge in [-0.25, -0.2) is 18.4 Å². The van der Waals surface area contributed by atoms with Gasteiger partial charge in [-0.2, -0.15) is 0 Å².